The quantitative estimate of drug-likeness (QED) is 0.613. The lowest BCUT2D eigenvalue weighted by Crippen LogP contribution is -2.30. The highest BCUT2D eigenvalue weighted by atomic mass is 16.4. The third kappa shape index (κ3) is 1.64. The summed E-state index contributed by atoms with van der Waals surface area (Å²) in [6, 6.07) is 1.48. The summed E-state index contributed by atoms with van der Waals surface area (Å²) in [5.41, 5.74) is 0.339. The molecule has 20 heavy (non-hydrogen) atoms. The Balaban J connectivity index is 2.21. The number of hydrogen-bond donors (Lipinski definition) is 3. The van der Waals surface area contributed by atoms with Crippen LogP contribution in [0.4, 0.5) is 0 Å². The van der Waals surface area contributed by atoms with Crippen molar-refractivity contribution in [3.63, 3.8) is 0 Å². The number of aromatic nitrogens is 3. The van der Waals surface area contributed by atoms with Crippen LogP contribution in [-0.2, 0) is 4.79 Å². The topological polar surface area (TPSA) is 130 Å². The van der Waals surface area contributed by atoms with E-state index in [1.54, 1.807) is 0 Å². The molecule has 0 fully saturated rings. The van der Waals surface area contributed by atoms with E-state index in [1.807, 2.05) is 0 Å². The lowest BCUT2D eigenvalue weighted by Gasteiger charge is -2.07. The van der Waals surface area contributed by atoms with Gasteiger partial charge in [0, 0.05) is 0 Å². The average molecular weight is 276 g/mol. The Labute approximate surface area is 110 Å². The van der Waals surface area contributed by atoms with Gasteiger partial charge in [-0.15, -0.1) is 0 Å². The van der Waals surface area contributed by atoms with Crippen molar-refractivity contribution in [3.05, 3.63) is 24.4 Å². The highest BCUT2D eigenvalue weighted by Crippen LogP contribution is 2.31. The first-order valence-corrected chi connectivity index (χ1v) is 5.51. The van der Waals surface area contributed by atoms with E-state index in [4.69, 9.17) is 9.52 Å². The zero-order valence-corrected chi connectivity index (χ0v) is 9.90. The Morgan fingerprint density at radius 1 is 1.45 bits per heavy atom. The second-order valence-electron chi connectivity index (χ2n) is 3.93. The minimum absolute atomic E-state index is 0.201. The molecule has 0 aliphatic carbocycles. The van der Waals surface area contributed by atoms with Crippen molar-refractivity contribution in [2.75, 3.05) is 6.54 Å². The fourth-order valence-electron chi connectivity index (χ4n) is 1.90. The van der Waals surface area contributed by atoms with Gasteiger partial charge in [0.25, 0.3) is 5.91 Å². The molecule has 0 spiro atoms. The first-order chi connectivity index (χ1) is 9.59. The van der Waals surface area contributed by atoms with E-state index < -0.39 is 18.4 Å². The van der Waals surface area contributed by atoms with Crippen LogP contribution in [-0.4, -0.2) is 43.2 Å². The van der Waals surface area contributed by atoms with Crippen LogP contribution in [0.5, 0.6) is 5.75 Å². The summed E-state index contributed by atoms with van der Waals surface area (Å²) in [6.07, 6.45) is 2.54. The number of nitrogens with zero attached hydrogens (tertiary/aromatic N) is 3. The summed E-state index contributed by atoms with van der Waals surface area (Å²) in [4.78, 5) is 26.4. The number of carboxylic acids is 1. The van der Waals surface area contributed by atoms with Gasteiger partial charge in [0.1, 0.15) is 12.9 Å². The number of fused-ring (bicyclic) bond motifs is 3. The van der Waals surface area contributed by atoms with Crippen LogP contribution in [0.3, 0.4) is 0 Å². The van der Waals surface area contributed by atoms with Crippen LogP contribution in [0.15, 0.2) is 23.1 Å². The first kappa shape index (κ1) is 12.0. The number of carbonyl (C=O) groups is 2. The Morgan fingerprint density at radius 2 is 2.25 bits per heavy atom. The Kier molecular flexibility index (Phi) is 2.53. The Morgan fingerprint density at radius 3 is 3.00 bits per heavy atom. The number of aliphatic carboxylic acids is 1. The van der Waals surface area contributed by atoms with E-state index in [9.17, 15) is 14.7 Å². The third-order valence-electron chi connectivity index (χ3n) is 2.72. The number of rotatable bonds is 3. The molecule has 3 aromatic heterocycles. The van der Waals surface area contributed by atoms with Crippen molar-refractivity contribution in [2.24, 2.45) is 0 Å². The van der Waals surface area contributed by atoms with E-state index in [0.29, 0.717) is 5.39 Å². The van der Waals surface area contributed by atoms with Crippen LogP contribution in [0.1, 0.15) is 10.5 Å². The highest BCUT2D eigenvalue weighted by Gasteiger charge is 2.23. The van der Waals surface area contributed by atoms with Crippen LogP contribution < -0.4 is 5.32 Å². The number of furan rings is 1. The van der Waals surface area contributed by atoms with Crippen LogP contribution >= 0.6 is 0 Å². The fourth-order valence-corrected chi connectivity index (χ4v) is 1.90. The first-order valence-electron chi connectivity index (χ1n) is 5.51. The molecule has 0 radical (unpaired) electrons. The molecule has 1 amide bonds. The maximum absolute atomic E-state index is 12.0. The number of carbonyl (C=O) groups excluding carboxylic acids is 1. The predicted octanol–water partition coefficient (Wildman–Crippen LogP) is -0.00450. The number of nitrogens with one attached hydrogen (secondary N) is 1. The van der Waals surface area contributed by atoms with Gasteiger partial charge in [0.05, 0.1) is 11.6 Å². The maximum atomic E-state index is 12.0. The highest BCUT2D eigenvalue weighted by molar-refractivity contribution is 6.05. The number of amides is 1. The minimum Gasteiger partial charge on any atom is -0.505 e. The van der Waals surface area contributed by atoms with Gasteiger partial charge in [-0.1, -0.05) is 0 Å². The molecular weight excluding hydrogens is 268 g/mol. The lowest BCUT2D eigenvalue weighted by molar-refractivity contribution is -0.135. The van der Waals surface area contributed by atoms with E-state index in [0.717, 1.165) is 4.52 Å². The van der Waals surface area contributed by atoms with Gasteiger partial charge in [-0.05, 0) is 6.07 Å². The molecule has 0 bridgehead atoms. The van der Waals surface area contributed by atoms with E-state index >= 15 is 0 Å². The summed E-state index contributed by atoms with van der Waals surface area (Å²) < 4.78 is 6.29. The normalized spacial score (nSPS) is 11.0. The maximum Gasteiger partial charge on any atom is 0.322 e. The van der Waals surface area contributed by atoms with Gasteiger partial charge in [-0.3, -0.25) is 9.59 Å². The smallest absolute Gasteiger partial charge is 0.322 e. The van der Waals surface area contributed by atoms with Gasteiger partial charge in [-0.2, -0.15) is 5.10 Å². The number of aromatic hydroxyl groups is 1. The summed E-state index contributed by atoms with van der Waals surface area (Å²) in [7, 11) is 0. The largest absolute Gasteiger partial charge is 0.505 e. The molecule has 9 nitrogen and oxygen atoms in total. The SMILES string of the molecule is O=C(O)CNC(=O)c1c(O)c2ccoc2c2ncnn12. The van der Waals surface area contributed by atoms with E-state index in [-0.39, 0.29) is 22.7 Å². The third-order valence-corrected chi connectivity index (χ3v) is 2.72. The van der Waals surface area contributed by atoms with Crippen molar-refractivity contribution >= 4 is 28.5 Å². The standard InChI is InChI=1S/C11H8N4O5/c16-6(17)3-12-11(19)7-8(18)5-1-2-20-9(5)10-13-4-14-15(7)10/h1-2,4,18H,3H2,(H,12,19)(H,16,17). The molecule has 3 aromatic rings. The van der Waals surface area contributed by atoms with E-state index in [2.05, 4.69) is 15.4 Å². The number of carboxylic acid groups (broad SMARTS) is 1. The summed E-state index contributed by atoms with van der Waals surface area (Å²) >= 11 is 0. The molecule has 0 saturated heterocycles. The van der Waals surface area contributed by atoms with Crippen molar-refractivity contribution in [3.8, 4) is 5.75 Å². The van der Waals surface area contributed by atoms with Crippen LogP contribution in [0.25, 0.3) is 16.6 Å². The molecule has 3 rings (SSSR count). The van der Waals surface area contributed by atoms with Crippen LogP contribution in [0.2, 0.25) is 0 Å². The number of pyridine rings is 1. The van der Waals surface area contributed by atoms with Crippen molar-refractivity contribution in [2.45, 2.75) is 0 Å². The van der Waals surface area contributed by atoms with Gasteiger partial charge in [-0.25, -0.2) is 9.50 Å². The summed E-state index contributed by atoms with van der Waals surface area (Å²) in [5, 5.41) is 25.0. The van der Waals surface area contributed by atoms with Crippen molar-refractivity contribution < 1.29 is 24.2 Å². The zero-order chi connectivity index (χ0) is 14.3. The minimum atomic E-state index is -1.20. The fraction of sp³-hybridized carbons (Fsp3) is 0.0909. The molecule has 9 heteroatoms. The molecule has 0 atom stereocenters. The molecule has 0 aromatic carbocycles. The average Bonchev–Trinajstić information content (AvgIpc) is 3.03. The van der Waals surface area contributed by atoms with Crippen molar-refractivity contribution in [1.29, 1.82) is 0 Å². The Hall–Kier alpha value is -3.10. The molecule has 0 aliphatic heterocycles. The van der Waals surface area contributed by atoms with Gasteiger partial charge in [0.2, 0.25) is 0 Å². The molecule has 3 heterocycles. The number of hydrogen-bond acceptors (Lipinski definition) is 6. The molecular formula is C11H8N4O5. The van der Waals surface area contributed by atoms with Crippen molar-refractivity contribution in [1.82, 2.24) is 19.9 Å². The molecule has 0 aliphatic rings. The zero-order valence-electron chi connectivity index (χ0n) is 9.90. The van der Waals surface area contributed by atoms with Gasteiger partial charge in [0.15, 0.2) is 22.7 Å². The Bertz CT molecular complexity index is 834. The van der Waals surface area contributed by atoms with Crippen LogP contribution in [0, 0.1) is 0 Å². The van der Waals surface area contributed by atoms with Gasteiger partial charge >= 0.3 is 5.97 Å². The van der Waals surface area contributed by atoms with Gasteiger partial charge < -0.3 is 19.9 Å². The molecule has 0 unspecified atom stereocenters. The predicted molar refractivity (Wildman–Crippen MR) is 64.4 cm³/mol. The summed E-state index contributed by atoms with van der Waals surface area (Å²) in [5.74, 6) is -2.32. The molecule has 102 valence electrons. The molecule has 0 saturated carbocycles. The molecule has 3 N–H and O–H groups in total. The summed E-state index contributed by atoms with van der Waals surface area (Å²) in [6.45, 7) is -0.572. The second kappa shape index (κ2) is 4.23. The van der Waals surface area contributed by atoms with E-state index in [1.165, 1.54) is 18.7 Å². The second-order valence-corrected chi connectivity index (χ2v) is 3.93. The monoisotopic (exact) mass is 276 g/mol. The lowest BCUT2D eigenvalue weighted by atomic mass is 10.2.